The summed E-state index contributed by atoms with van der Waals surface area (Å²) in [6.07, 6.45) is 1.74. The van der Waals surface area contributed by atoms with Crippen LogP contribution in [0.4, 0.5) is 0 Å². The lowest BCUT2D eigenvalue weighted by Gasteiger charge is -2.27. The van der Waals surface area contributed by atoms with E-state index in [4.69, 9.17) is 9.47 Å². The standard InChI is InChI=1S/C17H20N2O5/c1-23-7-8-24-13-4-2-3-11(9-13)17(22)19(12-5-6-12)14-10-15(20)18-16(14)21/h2-4,9,12,14H,5-8,10H2,1H3,(H,18,20,21)/t14-/m1/s1. The molecule has 2 aliphatic rings. The largest absolute Gasteiger partial charge is 0.491 e. The predicted octanol–water partition coefficient (Wildman–Crippen LogP) is 0.732. The summed E-state index contributed by atoms with van der Waals surface area (Å²) in [5.41, 5.74) is 0.448. The molecule has 1 atom stereocenters. The van der Waals surface area contributed by atoms with Gasteiger partial charge in [-0.3, -0.25) is 19.7 Å². The quantitative estimate of drug-likeness (QED) is 0.588. The third-order valence-electron chi connectivity index (χ3n) is 4.09. The van der Waals surface area contributed by atoms with Crippen molar-refractivity contribution in [3.63, 3.8) is 0 Å². The molecular weight excluding hydrogens is 312 g/mol. The zero-order valence-electron chi connectivity index (χ0n) is 13.5. The van der Waals surface area contributed by atoms with Crippen LogP contribution in [-0.2, 0) is 14.3 Å². The molecule has 0 radical (unpaired) electrons. The average Bonchev–Trinajstić information content (AvgIpc) is 3.34. The Kier molecular flexibility index (Phi) is 4.80. The molecule has 1 saturated heterocycles. The third kappa shape index (κ3) is 3.56. The number of hydrogen-bond donors (Lipinski definition) is 1. The van der Waals surface area contributed by atoms with Gasteiger partial charge in [0.05, 0.1) is 13.0 Å². The predicted molar refractivity (Wildman–Crippen MR) is 84.6 cm³/mol. The molecule has 1 aromatic carbocycles. The van der Waals surface area contributed by atoms with Crippen molar-refractivity contribution in [2.75, 3.05) is 20.3 Å². The minimum absolute atomic E-state index is 0.0252. The van der Waals surface area contributed by atoms with Crippen molar-refractivity contribution < 1.29 is 23.9 Å². The number of nitrogens with zero attached hydrogens (tertiary/aromatic N) is 1. The van der Waals surface area contributed by atoms with Gasteiger partial charge in [0.15, 0.2) is 0 Å². The van der Waals surface area contributed by atoms with Crippen LogP contribution in [0, 0.1) is 0 Å². The number of nitrogens with one attached hydrogen (secondary N) is 1. The molecule has 1 aliphatic carbocycles. The van der Waals surface area contributed by atoms with E-state index in [0.717, 1.165) is 12.8 Å². The summed E-state index contributed by atoms with van der Waals surface area (Å²) in [7, 11) is 1.59. The highest BCUT2D eigenvalue weighted by molar-refractivity contribution is 6.08. The number of benzene rings is 1. The van der Waals surface area contributed by atoms with Crippen molar-refractivity contribution >= 4 is 17.7 Å². The molecule has 3 rings (SSSR count). The molecule has 7 heteroatoms. The smallest absolute Gasteiger partial charge is 0.254 e. The van der Waals surface area contributed by atoms with Crippen LogP contribution in [-0.4, -0.2) is 55.0 Å². The lowest BCUT2D eigenvalue weighted by atomic mass is 10.1. The van der Waals surface area contributed by atoms with Gasteiger partial charge in [-0.15, -0.1) is 0 Å². The molecule has 0 aromatic heterocycles. The van der Waals surface area contributed by atoms with E-state index in [2.05, 4.69) is 5.32 Å². The van der Waals surface area contributed by atoms with Gasteiger partial charge in [0.1, 0.15) is 18.4 Å². The topological polar surface area (TPSA) is 84.9 Å². The van der Waals surface area contributed by atoms with Crippen LogP contribution < -0.4 is 10.1 Å². The first kappa shape index (κ1) is 16.4. The molecule has 128 valence electrons. The first-order valence-corrected chi connectivity index (χ1v) is 7.98. The van der Waals surface area contributed by atoms with E-state index >= 15 is 0 Å². The molecule has 0 spiro atoms. The van der Waals surface area contributed by atoms with Crippen LogP contribution in [0.15, 0.2) is 24.3 Å². The van der Waals surface area contributed by atoms with Crippen LogP contribution in [0.25, 0.3) is 0 Å². The molecule has 1 aliphatic heterocycles. The molecule has 0 bridgehead atoms. The van der Waals surface area contributed by atoms with Gasteiger partial charge in [0.25, 0.3) is 5.91 Å². The van der Waals surface area contributed by atoms with Crippen LogP contribution in [0.1, 0.15) is 29.6 Å². The summed E-state index contributed by atoms with van der Waals surface area (Å²) in [6, 6.07) is 6.16. The fourth-order valence-electron chi connectivity index (χ4n) is 2.79. The van der Waals surface area contributed by atoms with Gasteiger partial charge in [-0.05, 0) is 31.0 Å². The highest BCUT2D eigenvalue weighted by atomic mass is 16.5. The maximum Gasteiger partial charge on any atom is 0.254 e. The molecule has 24 heavy (non-hydrogen) atoms. The molecule has 7 nitrogen and oxygen atoms in total. The third-order valence-corrected chi connectivity index (χ3v) is 4.09. The van der Waals surface area contributed by atoms with Gasteiger partial charge >= 0.3 is 0 Å². The second-order valence-corrected chi connectivity index (χ2v) is 5.95. The average molecular weight is 332 g/mol. The molecule has 1 saturated carbocycles. The van der Waals surface area contributed by atoms with E-state index in [9.17, 15) is 14.4 Å². The van der Waals surface area contributed by atoms with Crippen molar-refractivity contribution in [3.05, 3.63) is 29.8 Å². The second kappa shape index (κ2) is 7.00. The lowest BCUT2D eigenvalue weighted by molar-refractivity contribution is -0.126. The summed E-state index contributed by atoms with van der Waals surface area (Å²) in [5.74, 6) is -0.405. The Morgan fingerprint density at radius 3 is 2.71 bits per heavy atom. The van der Waals surface area contributed by atoms with Crippen molar-refractivity contribution in [1.82, 2.24) is 10.2 Å². The summed E-state index contributed by atoms with van der Waals surface area (Å²) in [5, 5.41) is 2.27. The van der Waals surface area contributed by atoms with Crippen LogP contribution >= 0.6 is 0 Å². The molecular formula is C17H20N2O5. The van der Waals surface area contributed by atoms with E-state index in [-0.39, 0.29) is 24.3 Å². The number of hydrogen-bond acceptors (Lipinski definition) is 5. The van der Waals surface area contributed by atoms with E-state index in [0.29, 0.717) is 24.5 Å². The molecule has 3 amide bonds. The van der Waals surface area contributed by atoms with E-state index in [1.54, 1.807) is 36.3 Å². The van der Waals surface area contributed by atoms with E-state index in [1.165, 1.54) is 0 Å². The fraction of sp³-hybridized carbons (Fsp3) is 0.471. The summed E-state index contributed by atoms with van der Waals surface area (Å²) >= 11 is 0. The minimum Gasteiger partial charge on any atom is -0.491 e. The highest BCUT2D eigenvalue weighted by Gasteiger charge is 2.44. The number of ether oxygens (including phenoxy) is 2. The fourth-order valence-corrected chi connectivity index (χ4v) is 2.79. The molecule has 2 fully saturated rings. The second-order valence-electron chi connectivity index (χ2n) is 5.95. The number of rotatable bonds is 7. The Hall–Kier alpha value is -2.41. The van der Waals surface area contributed by atoms with Gasteiger partial charge in [-0.1, -0.05) is 6.07 Å². The number of carbonyl (C=O) groups is 3. The molecule has 1 heterocycles. The van der Waals surface area contributed by atoms with Gasteiger partial charge in [0, 0.05) is 18.7 Å². The van der Waals surface area contributed by atoms with Crippen LogP contribution in [0.2, 0.25) is 0 Å². The van der Waals surface area contributed by atoms with Gasteiger partial charge in [-0.25, -0.2) is 0 Å². The van der Waals surface area contributed by atoms with Crippen LogP contribution in [0.3, 0.4) is 0 Å². The monoisotopic (exact) mass is 332 g/mol. The first-order chi connectivity index (χ1) is 11.6. The Bertz CT molecular complexity index is 656. The lowest BCUT2D eigenvalue weighted by Crippen LogP contribution is -2.45. The maximum atomic E-state index is 12.9. The minimum atomic E-state index is -0.712. The van der Waals surface area contributed by atoms with Gasteiger partial charge in [-0.2, -0.15) is 0 Å². The van der Waals surface area contributed by atoms with Gasteiger partial charge < -0.3 is 14.4 Å². The zero-order valence-corrected chi connectivity index (χ0v) is 13.5. The summed E-state index contributed by atoms with van der Waals surface area (Å²) in [4.78, 5) is 37.9. The van der Waals surface area contributed by atoms with Crippen molar-refractivity contribution in [1.29, 1.82) is 0 Å². The normalized spacial score (nSPS) is 20.0. The zero-order chi connectivity index (χ0) is 17.1. The molecule has 1 aromatic rings. The van der Waals surface area contributed by atoms with Crippen molar-refractivity contribution in [2.24, 2.45) is 0 Å². The van der Waals surface area contributed by atoms with E-state index in [1.807, 2.05) is 0 Å². The van der Waals surface area contributed by atoms with Crippen LogP contribution in [0.5, 0.6) is 5.75 Å². The van der Waals surface area contributed by atoms with Crippen molar-refractivity contribution in [2.45, 2.75) is 31.3 Å². The Labute approximate surface area is 139 Å². The van der Waals surface area contributed by atoms with E-state index < -0.39 is 11.9 Å². The Balaban J connectivity index is 1.77. The maximum absolute atomic E-state index is 12.9. The van der Waals surface area contributed by atoms with Gasteiger partial charge in [0.2, 0.25) is 11.8 Å². The highest BCUT2D eigenvalue weighted by Crippen LogP contribution is 2.32. The molecule has 1 N–H and O–H groups in total. The number of carbonyl (C=O) groups excluding carboxylic acids is 3. The number of methoxy groups -OCH3 is 1. The number of amides is 3. The Morgan fingerprint density at radius 2 is 2.08 bits per heavy atom. The summed E-state index contributed by atoms with van der Waals surface area (Å²) < 4.78 is 10.5. The molecule has 0 unspecified atom stereocenters. The first-order valence-electron chi connectivity index (χ1n) is 7.98. The SMILES string of the molecule is COCCOc1cccc(C(=O)N(C2CC2)[C@@H]2CC(=O)NC2=O)c1. The Morgan fingerprint density at radius 1 is 1.29 bits per heavy atom. The number of imide groups is 1. The summed E-state index contributed by atoms with van der Waals surface area (Å²) in [6.45, 7) is 0.844. The van der Waals surface area contributed by atoms with Crippen molar-refractivity contribution in [3.8, 4) is 5.75 Å².